The summed E-state index contributed by atoms with van der Waals surface area (Å²) in [5.41, 5.74) is 6.99. The molecular formula is C15H24IN3O2S. The molecule has 0 aromatic heterocycles. The summed E-state index contributed by atoms with van der Waals surface area (Å²) in [6.07, 6.45) is 4.04. The summed E-state index contributed by atoms with van der Waals surface area (Å²) in [7, 11) is -0.949. The van der Waals surface area contributed by atoms with Gasteiger partial charge in [-0.05, 0) is 37.5 Å². The summed E-state index contributed by atoms with van der Waals surface area (Å²) < 4.78 is 16.9. The van der Waals surface area contributed by atoms with Crippen LogP contribution in [0.25, 0.3) is 0 Å². The minimum atomic E-state index is -0.949. The average Bonchev–Trinajstić information content (AvgIpc) is 2.98. The van der Waals surface area contributed by atoms with Gasteiger partial charge in [-0.3, -0.25) is 9.20 Å². The van der Waals surface area contributed by atoms with Crippen LogP contribution in [-0.2, 0) is 15.5 Å². The molecular weight excluding hydrogens is 413 g/mol. The zero-order chi connectivity index (χ0) is 15.2. The van der Waals surface area contributed by atoms with Gasteiger partial charge < -0.3 is 15.8 Å². The fraction of sp³-hybridized carbons (Fsp3) is 0.533. The van der Waals surface area contributed by atoms with E-state index in [2.05, 4.69) is 10.3 Å². The van der Waals surface area contributed by atoms with E-state index in [0.717, 1.165) is 29.9 Å². The standard InChI is InChI=1S/C15H23N3O2S.HI/c1-11(12-5-7-14(8-6-12)21(2)19)18-15(16)17-10-13-4-3-9-20-13;/h5-8,11,13H,3-4,9-10H2,1-2H3,(H3,16,17,18);1H. The molecule has 3 atom stereocenters. The van der Waals surface area contributed by atoms with Crippen LogP contribution in [0.1, 0.15) is 31.4 Å². The fourth-order valence-electron chi connectivity index (χ4n) is 2.29. The SMILES string of the molecule is CC(NC(N)=NCC1CCCO1)c1ccc(S(C)=O)cc1.I. The van der Waals surface area contributed by atoms with Crippen LogP contribution in [0.15, 0.2) is 34.2 Å². The largest absolute Gasteiger partial charge is 0.376 e. The van der Waals surface area contributed by atoms with Crippen LogP contribution in [0.3, 0.4) is 0 Å². The quantitative estimate of drug-likeness (QED) is 0.421. The first-order valence-corrected chi connectivity index (χ1v) is 8.73. The highest BCUT2D eigenvalue weighted by Crippen LogP contribution is 2.15. The maximum atomic E-state index is 11.4. The Morgan fingerprint density at radius 2 is 2.18 bits per heavy atom. The van der Waals surface area contributed by atoms with Crippen molar-refractivity contribution < 1.29 is 8.95 Å². The Hall–Kier alpha value is -0.670. The summed E-state index contributed by atoms with van der Waals surface area (Å²) in [4.78, 5) is 5.15. The van der Waals surface area contributed by atoms with Gasteiger partial charge in [0.2, 0.25) is 0 Å². The number of ether oxygens (including phenoxy) is 1. The molecule has 2 rings (SSSR count). The minimum absolute atomic E-state index is 0. The van der Waals surface area contributed by atoms with E-state index < -0.39 is 10.8 Å². The molecule has 5 nitrogen and oxygen atoms in total. The number of benzene rings is 1. The van der Waals surface area contributed by atoms with E-state index >= 15 is 0 Å². The summed E-state index contributed by atoms with van der Waals surface area (Å²) >= 11 is 0. The Morgan fingerprint density at radius 1 is 1.50 bits per heavy atom. The van der Waals surface area contributed by atoms with Gasteiger partial charge in [0.05, 0.1) is 18.7 Å². The van der Waals surface area contributed by atoms with E-state index in [1.807, 2.05) is 31.2 Å². The van der Waals surface area contributed by atoms with E-state index in [4.69, 9.17) is 10.5 Å². The number of hydrogen-bond donors (Lipinski definition) is 2. The second kappa shape index (κ2) is 9.46. The van der Waals surface area contributed by atoms with Crippen molar-refractivity contribution in [3.05, 3.63) is 29.8 Å². The molecule has 3 unspecified atom stereocenters. The minimum Gasteiger partial charge on any atom is -0.376 e. The third-order valence-electron chi connectivity index (χ3n) is 3.57. The Balaban J connectivity index is 0.00000242. The van der Waals surface area contributed by atoms with Crippen LogP contribution in [0.4, 0.5) is 0 Å². The second-order valence-electron chi connectivity index (χ2n) is 5.25. The van der Waals surface area contributed by atoms with E-state index in [1.54, 1.807) is 6.26 Å². The van der Waals surface area contributed by atoms with Gasteiger partial charge in [0.15, 0.2) is 5.96 Å². The first kappa shape index (κ1) is 19.4. The molecule has 0 radical (unpaired) electrons. The van der Waals surface area contributed by atoms with Gasteiger partial charge in [-0.1, -0.05) is 12.1 Å². The van der Waals surface area contributed by atoms with Crippen molar-refractivity contribution in [3.63, 3.8) is 0 Å². The highest BCUT2D eigenvalue weighted by molar-refractivity contribution is 14.0. The Kier molecular flexibility index (Phi) is 8.34. The van der Waals surface area contributed by atoms with Crippen LogP contribution in [0, 0.1) is 0 Å². The van der Waals surface area contributed by atoms with Crippen molar-refractivity contribution in [2.45, 2.75) is 36.8 Å². The third kappa shape index (κ3) is 5.85. The lowest BCUT2D eigenvalue weighted by atomic mass is 10.1. The van der Waals surface area contributed by atoms with Crippen LogP contribution >= 0.6 is 24.0 Å². The molecule has 3 N–H and O–H groups in total. The van der Waals surface area contributed by atoms with Gasteiger partial charge in [0.25, 0.3) is 0 Å². The van der Waals surface area contributed by atoms with Crippen molar-refractivity contribution in [2.75, 3.05) is 19.4 Å². The Bertz CT molecular complexity index is 516. The molecule has 7 heteroatoms. The molecule has 0 spiro atoms. The molecule has 1 aromatic carbocycles. The highest BCUT2D eigenvalue weighted by atomic mass is 127. The maximum absolute atomic E-state index is 11.4. The van der Waals surface area contributed by atoms with Gasteiger partial charge in [0, 0.05) is 28.6 Å². The third-order valence-corrected chi connectivity index (χ3v) is 4.50. The monoisotopic (exact) mass is 437 g/mol. The van der Waals surface area contributed by atoms with Crippen molar-refractivity contribution in [1.82, 2.24) is 5.32 Å². The number of nitrogens with zero attached hydrogens (tertiary/aromatic N) is 1. The summed E-state index contributed by atoms with van der Waals surface area (Å²) in [5, 5.41) is 3.17. The van der Waals surface area contributed by atoms with Crippen molar-refractivity contribution in [3.8, 4) is 0 Å². The molecule has 22 heavy (non-hydrogen) atoms. The van der Waals surface area contributed by atoms with Crippen LogP contribution < -0.4 is 11.1 Å². The molecule has 0 saturated carbocycles. The molecule has 1 aliphatic heterocycles. The topological polar surface area (TPSA) is 76.7 Å². The van der Waals surface area contributed by atoms with Gasteiger partial charge in [-0.2, -0.15) is 0 Å². The normalized spacial score (nSPS) is 21.0. The van der Waals surface area contributed by atoms with Gasteiger partial charge in [-0.15, -0.1) is 24.0 Å². The number of nitrogens with one attached hydrogen (secondary N) is 1. The van der Waals surface area contributed by atoms with Gasteiger partial charge in [0.1, 0.15) is 0 Å². The predicted octanol–water partition coefficient (Wildman–Crippen LogP) is 2.19. The maximum Gasteiger partial charge on any atom is 0.189 e. The number of halogens is 1. The number of rotatable bonds is 5. The summed E-state index contributed by atoms with van der Waals surface area (Å²) in [5.74, 6) is 0.432. The van der Waals surface area contributed by atoms with Crippen LogP contribution in [-0.4, -0.2) is 35.7 Å². The Morgan fingerprint density at radius 3 is 2.73 bits per heavy atom. The number of hydrogen-bond acceptors (Lipinski definition) is 3. The van der Waals surface area contributed by atoms with E-state index in [-0.39, 0.29) is 36.1 Å². The average molecular weight is 437 g/mol. The molecule has 1 saturated heterocycles. The second-order valence-corrected chi connectivity index (χ2v) is 6.63. The van der Waals surface area contributed by atoms with Crippen LogP contribution in [0.2, 0.25) is 0 Å². The number of nitrogens with two attached hydrogens (primary N) is 1. The molecule has 124 valence electrons. The summed E-state index contributed by atoms with van der Waals surface area (Å²) in [6, 6.07) is 7.73. The number of guanidine groups is 1. The lowest BCUT2D eigenvalue weighted by Gasteiger charge is -2.16. The first-order chi connectivity index (χ1) is 10.1. The smallest absolute Gasteiger partial charge is 0.189 e. The highest BCUT2D eigenvalue weighted by Gasteiger charge is 2.15. The van der Waals surface area contributed by atoms with Crippen molar-refractivity contribution >= 4 is 40.7 Å². The molecule has 1 heterocycles. The van der Waals surface area contributed by atoms with E-state index in [0.29, 0.717) is 12.5 Å². The van der Waals surface area contributed by atoms with Crippen LogP contribution in [0.5, 0.6) is 0 Å². The Labute approximate surface area is 151 Å². The zero-order valence-corrected chi connectivity index (χ0v) is 16.1. The van der Waals surface area contributed by atoms with Gasteiger partial charge in [-0.25, -0.2) is 0 Å². The van der Waals surface area contributed by atoms with Gasteiger partial charge >= 0.3 is 0 Å². The van der Waals surface area contributed by atoms with E-state index in [1.165, 1.54) is 0 Å². The fourth-order valence-corrected chi connectivity index (χ4v) is 2.81. The zero-order valence-electron chi connectivity index (χ0n) is 13.0. The molecule has 0 bridgehead atoms. The van der Waals surface area contributed by atoms with Crippen molar-refractivity contribution in [1.29, 1.82) is 0 Å². The molecule has 0 amide bonds. The lowest BCUT2D eigenvalue weighted by Crippen LogP contribution is -2.34. The molecule has 1 aliphatic rings. The predicted molar refractivity (Wildman–Crippen MR) is 101 cm³/mol. The van der Waals surface area contributed by atoms with Crippen molar-refractivity contribution in [2.24, 2.45) is 10.7 Å². The number of aliphatic imine (C=N–C) groups is 1. The van der Waals surface area contributed by atoms with E-state index in [9.17, 15) is 4.21 Å². The first-order valence-electron chi connectivity index (χ1n) is 7.17. The lowest BCUT2D eigenvalue weighted by molar-refractivity contribution is 0.117. The molecule has 0 aliphatic carbocycles. The molecule has 1 fully saturated rings. The molecule has 1 aromatic rings. The summed E-state index contributed by atoms with van der Waals surface area (Å²) in [6.45, 7) is 3.46.